The summed E-state index contributed by atoms with van der Waals surface area (Å²) in [5.74, 6) is 1.60. The molecule has 1 aromatic carbocycles. The van der Waals surface area contributed by atoms with Crippen molar-refractivity contribution in [3.8, 4) is 11.5 Å². The highest BCUT2D eigenvalue weighted by Gasteiger charge is 2.16. The van der Waals surface area contributed by atoms with E-state index >= 15 is 0 Å². The van der Waals surface area contributed by atoms with Gasteiger partial charge in [0.1, 0.15) is 17.8 Å². The van der Waals surface area contributed by atoms with Gasteiger partial charge in [-0.2, -0.15) is 0 Å². The van der Waals surface area contributed by atoms with E-state index in [1.165, 1.54) is 6.26 Å². The van der Waals surface area contributed by atoms with Crippen molar-refractivity contribution in [3.05, 3.63) is 41.6 Å². The van der Waals surface area contributed by atoms with Crippen molar-refractivity contribution in [3.63, 3.8) is 0 Å². The van der Waals surface area contributed by atoms with Gasteiger partial charge >= 0.3 is 0 Å². The molecule has 0 radical (unpaired) electrons. The quantitative estimate of drug-likeness (QED) is 0.723. The Hall–Kier alpha value is -2.54. The molecule has 3 N–H and O–H groups in total. The van der Waals surface area contributed by atoms with Gasteiger partial charge in [0.15, 0.2) is 5.69 Å². The van der Waals surface area contributed by atoms with Crippen molar-refractivity contribution in [1.82, 2.24) is 10.3 Å². The van der Waals surface area contributed by atoms with Crippen LogP contribution in [0.3, 0.4) is 0 Å². The number of carbonyl (C=O) groups is 1. The van der Waals surface area contributed by atoms with Gasteiger partial charge in [0.05, 0.1) is 20.3 Å². The molecule has 7 nitrogen and oxygen atoms in total. The Morgan fingerprint density at radius 2 is 2.16 bits per heavy atom. The lowest BCUT2D eigenvalue weighted by Gasteiger charge is -2.10. The molecular formula is C18H25N3O4. The average Bonchev–Trinajstić information content (AvgIpc) is 3.12. The zero-order valence-electron chi connectivity index (χ0n) is 14.9. The van der Waals surface area contributed by atoms with E-state index in [2.05, 4.69) is 10.3 Å². The summed E-state index contributed by atoms with van der Waals surface area (Å²) in [6, 6.07) is 5.28. The van der Waals surface area contributed by atoms with Gasteiger partial charge in [-0.1, -0.05) is 13.3 Å². The van der Waals surface area contributed by atoms with Gasteiger partial charge < -0.3 is 24.9 Å². The van der Waals surface area contributed by atoms with Crippen molar-refractivity contribution in [2.75, 3.05) is 20.8 Å². The van der Waals surface area contributed by atoms with E-state index in [0.717, 1.165) is 29.9 Å². The van der Waals surface area contributed by atoms with E-state index in [-0.39, 0.29) is 17.6 Å². The third-order valence-electron chi connectivity index (χ3n) is 3.84. The fourth-order valence-electron chi connectivity index (χ4n) is 2.48. The molecule has 0 saturated heterocycles. The minimum absolute atomic E-state index is 0.235. The number of carbonyl (C=O) groups excluding carboxylic acids is 1. The van der Waals surface area contributed by atoms with E-state index in [9.17, 15) is 4.79 Å². The number of nitrogens with one attached hydrogen (secondary N) is 1. The smallest absolute Gasteiger partial charge is 0.273 e. The normalized spacial score (nSPS) is 11.8. The number of nitrogens with zero attached hydrogens (tertiary/aromatic N) is 1. The van der Waals surface area contributed by atoms with Gasteiger partial charge in [-0.3, -0.25) is 4.79 Å². The fourth-order valence-corrected chi connectivity index (χ4v) is 2.48. The molecule has 25 heavy (non-hydrogen) atoms. The highest BCUT2D eigenvalue weighted by molar-refractivity contribution is 5.91. The van der Waals surface area contributed by atoms with Crippen LogP contribution in [0.15, 0.2) is 28.9 Å². The molecule has 0 saturated carbocycles. The molecule has 0 spiro atoms. The van der Waals surface area contributed by atoms with Crippen LogP contribution in [0.5, 0.6) is 11.5 Å². The van der Waals surface area contributed by atoms with E-state index in [1.807, 2.05) is 25.1 Å². The summed E-state index contributed by atoms with van der Waals surface area (Å²) in [6.45, 7) is 2.47. The van der Waals surface area contributed by atoms with Gasteiger partial charge in [0.25, 0.3) is 5.91 Å². The molecule has 0 aliphatic carbocycles. The number of nitrogens with two attached hydrogens (primary N) is 1. The SMILES string of the molecule is CCCC(N)c1nc(C(=O)NCCc2cc(OC)ccc2OC)co1. The van der Waals surface area contributed by atoms with E-state index in [4.69, 9.17) is 19.6 Å². The van der Waals surface area contributed by atoms with Crippen LogP contribution in [0.1, 0.15) is 47.7 Å². The number of benzene rings is 1. The largest absolute Gasteiger partial charge is 0.497 e. The third-order valence-corrected chi connectivity index (χ3v) is 3.84. The van der Waals surface area contributed by atoms with Crippen LogP contribution in [-0.4, -0.2) is 31.7 Å². The first-order chi connectivity index (χ1) is 12.1. The molecule has 0 aliphatic heterocycles. The summed E-state index contributed by atoms with van der Waals surface area (Å²) in [6.07, 6.45) is 3.63. The lowest BCUT2D eigenvalue weighted by molar-refractivity contribution is 0.0949. The number of ether oxygens (including phenoxy) is 2. The van der Waals surface area contributed by atoms with Gasteiger partial charge in [0.2, 0.25) is 5.89 Å². The molecule has 0 fully saturated rings. The Balaban J connectivity index is 1.92. The molecule has 7 heteroatoms. The molecule has 1 atom stereocenters. The standard InChI is InChI=1S/C18H25N3O4/c1-4-5-14(19)18-21-15(11-25-18)17(22)20-9-8-12-10-13(23-2)6-7-16(12)24-3/h6-7,10-11,14H,4-5,8-9,19H2,1-3H3,(H,20,22). The molecule has 2 rings (SSSR count). The predicted octanol–water partition coefficient (Wildman–Crippen LogP) is 2.46. The third kappa shape index (κ3) is 4.96. The van der Waals surface area contributed by atoms with Crippen molar-refractivity contribution in [2.24, 2.45) is 5.73 Å². The summed E-state index contributed by atoms with van der Waals surface area (Å²) in [5, 5.41) is 2.82. The summed E-state index contributed by atoms with van der Waals surface area (Å²) < 4.78 is 15.8. The second kappa shape index (κ2) is 9.08. The van der Waals surface area contributed by atoms with Crippen LogP contribution in [-0.2, 0) is 6.42 Å². The number of aromatic nitrogens is 1. The molecule has 0 bridgehead atoms. The Labute approximate surface area is 147 Å². The maximum Gasteiger partial charge on any atom is 0.273 e. The molecule has 1 heterocycles. The van der Waals surface area contributed by atoms with Gasteiger partial charge in [-0.15, -0.1) is 0 Å². The van der Waals surface area contributed by atoms with Crippen LogP contribution in [0.2, 0.25) is 0 Å². The number of methoxy groups -OCH3 is 2. The van der Waals surface area contributed by atoms with Crippen LogP contribution in [0.25, 0.3) is 0 Å². The first-order valence-electron chi connectivity index (χ1n) is 8.29. The van der Waals surface area contributed by atoms with Crippen LogP contribution < -0.4 is 20.5 Å². The first kappa shape index (κ1) is 18.8. The minimum atomic E-state index is -0.291. The Bertz CT molecular complexity index is 699. The van der Waals surface area contributed by atoms with Crippen LogP contribution in [0.4, 0.5) is 0 Å². The number of oxazole rings is 1. The first-order valence-corrected chi connectivity index (χ1v) is 8.29. The summed E-state index contributed by atoms with van der Waals surface area (Å²) in [7, 11) is 3.22. The van der Waals surface area contributed by atoms with Gasteiger partial charge in [0, 0.05) is 6.54 Å². The van der Waals surface area contributed by atoms with Crippen molar-refractivity contribution in [1.29, 1.82) is 0 Å². The van der Waals surface area contributed by atoms with Crippen molar-refractivity contribution in [2.45, 2.75) is 32.2 Å². The number of hydrogen-bond donors (Lipinski definition) is 2. The molecule has 1 unspecified atom stereocenters. The summed E-state index contributed by atoms with van der Waals surface area (Å²) in [4.78, 5) is 16.3. The molecule has 1 amide bonds. The second-order valence-corrected chi connectivity index (χ2v) is 5.65. The molecule has 2 aromatic rings. The number of rotatable bonds is 9. The summed E-state index contributed by atoms with van der Waals surface area (Å²) >= 11 is 0. The summed E-state index contributed by atoms with van der Waals surface area (Å²) in [5.41, 5.74) is 7.13. The maximum atomic E-state index is 12.2. The van der Waals surface area contributed by atoms with E-state index < -0.39 is 0 Å². The minimum Gasteiger partial charge on any atom is -0.497 e. The van der Waals surface area contributed by atoms with Crippen LogP contribution in [0, 0.1) is 0 Å². The molecular weight excluding hydrogens is 322 g/mol. The lowest BCUT2D eigenvalue weighted by Crippen LogP contribution is -2.26. The molecule has 1 aromatic heterocycles. The maximum absolute atomic E-state index is 12.2. The Morgan fingerprint density at radius 3 is 2.84 bits per heavy atom. The zero-order valence-corrected chi connectivity index (χ0v) is 14.9. The lowest BCUT2D eigenvalue weighted by atomic mass is 10.1. The van der Waals surface area contributed by atoms with E-state index in [1.54, 1.807) is 14.2 Å². The highest BCUT2D eigenvalue weighted by Crippen LogP contribution is 2.24. The molecule has 136 valence electrons. The average molecular weight is 347 g/mol. The van der Waals surface area contributed by atoms with Crippen molar-refractivity contribution >= 4 is 5.91 Å². The number of amides is 1. The van der Waals surface area contributed by atoms with E-state index in [0.29, 0.717) is 18.9 Å². The monoisotopic (exact) mass is 347 g/mol. The predicted molar refractivity (Wildman–Crippen MR) is 93.9 cm³/mol. The second-order valence-electron chi connectivity index (χ2n) is 5.65. The number of hydrogen-bond acceptors (Lipinski definition) is 6. The topological polar surface area (TPSA) is 99.6 Å². The fraction of sp³-hybridized carbons (Fsp3) is 0.444. The molecule has 0 aliphatic rings. The Kier molecular flexibility index (Phi) is 6.82. The van der Waals surface area contributed by atoms with Gasteiger partial charge in [-0.25, -0.2) is 4.98 Å². The van der Waals surface area contributed by atoms with Gasteiger partial charge in [-0.05, 0) is 36.6 Å². The zero-order chi connectivity index (χ0) is 18.2. The Morgan fingerprint density at radius 1 is 1.36 bits per heavy atom. The van der Waals surface area contributed by atoms with Crippen molar-refractivity contribution < 1.29 is 18.7 Å². The highest BCUT2D eigenvalue weighted by atomic mass is 16.5. The van der Waals surface area contributed by atoms with Crippen LogP contribution >= 0.6 is 0 Å².